The van der Waals surface area contributed by atoms with Gasteiger partial charge in [0.05, 0.1) is 0 Å². The number of aryl methyl sites for hydroxylation is 1. The molecule has 3 nitrogen and oxygen atoms in total. The topological polar surface area (TPSA) is 32.3 Å². The fourth-order valence-electron chi connectivity index (χ4n) is 3.21. The molecule has 0 aromatic heterocycles. The van der Waals surface area contributed by atoms with Crippen molar-refractivity contribution in [1.29, 1.82) is 0 Å². The number of amides is 1. The minimum absolute atomic E-state index is 0.107. The van der Waals surface area contributed by atoms with Crippen LogP contribution < -0.4 is 10.2 Å². The van der Waals surface area contributed by atoms with Crippen molar-refractivity contribution in [2.24, 2.45) is 5.92 Å². The molecule has 1 saturated carbocycles. The van der Waals surface area contributed by atoms with E-state index in [1.165, 1.54) is 5.56 Å². The molecule has 1 heterocycles. The molecule has 0 radical (unpaired) electrons. The molecule has 20 heavy (non-hydrogen) atoms. The van der Waals surface area contributed by atoms with Crippen molar-refractivity contribution in [2.75, 3.05) is 11.4 Å². The number of carbonyl (C=O) groups is 1. The molecule has 1 aliphatic carbocycles. The van der Waals surface area contributed by atoms with E-state index >= 15 is 0 Å². The van der Waals surface area contributed by atoms with Crippen LogP contribution in [0.4, 0.5) is 5.69 Å². The van der Waals surface area contributed by atoms with Crippen LogP contribution in [0.3, 0.4) is 0 Å². The Bertz CT molecular complexity index is 523. The highest BCUT2D eigenvalue weighted by Gasteiger charge is 2.26. The highest BCUT2D eigenvalue weighted by Crippen LogP contribution is 2.28. The standard InChI is InChI=1S/C16H20N2OS/c19-15(13-7-1-2-8-13)17-16(20)18-11-5-9-12-6-3-4-10-14(12)18/h3-4,6,10,13H,1-2,5,7-9,11H2,(H,17,19,20). The van der Waals surface area contributed by atoms with Gasteiger partial charge >= 0.3 is 0 Å². The van der Waals surface area contributed by atoms with Crippen LogP contribution in [0.15, 0.2) is 24.3 Å². The van der Waals surface area contributed by atoms with Crippen LogP contribution in [0.2, 0.25) is 0 Å². The van der Waals surface area contributed by atoms with Gasteiger partial charge in [0.2, 0.25) is 5.91 Å². The number of fused-ring (bicyclic) bond motifs is 1. The number of anilines is 1. The summed E-state index contributed by atoms with van der Waals surface area (Å²) in [7, 11) is 0. The lowest BCUT2D eigenvalue weighted by Gasteiger charge is -2.31. The Labute approximate surface area is 125 Å². The van der Waals surface area contributed by atoms with E-state index in [0.717, 1.165) is 50.8 Å². The second-order valence-electron chi connectivity index (χ2n) is 5.66. The number of thiocarbonyl (C=S) groups is 1. The third-order valence-corrected chi connectivity index (χ3v) is 4.63. The van der Waals surface area contributed by atoms with Crippen molar-refractivity contribution in [3.05, 3.63) is 29.8 Å². The van der Waals surface area contributed by atoms with Crippen LogP contribution in [0.1, 0.15) is 37.7 Å². The van der Waals surface area contributed by atoms with Crippen LogP contribution in [-0.4, -0.2) is 17.6 Å². The minimum Gasteiger partial charge on any atom is -0.318 e. The van der Waals surface area contributed by atoms with Crippen molar-refractivity contribution in [2.45, 2.75) is 38.5 Å². The summed E-state index contributed by atoms with van der Waals surface area (Å²) in [5, 5.41) is 3.51. The molecule has 1 aromatic carbocycles. The zero-order chi connectivity index (χ0) is 13.9. The van der Waals surface area contributed by atoms with E-state index in [2.05, 4.69) is 28.4 Å². The van der Waals surface area contributed by atoms with Gasteiger partial charge in [-0.3, -0.25) is 4.79 Å². The van der Waals surface area contributed by atoms with Crippen molar-refractivity contribution >= 4 is 28.9 Å². The lowest BCUT2D eigenvalue weighted by Crippen LogP contribution is -2.46. The Hall–Kier alpha value is -1.42. The van der Waals surface area contributed by atoms with Gasteiger partial charge in [-0.1, -0.05) is 31.0 Å². The van der Waals surface area contributed by atoms with Crippen molar-refractivity contribution in [1.82, 2.24) is 5.32 Å². The number of nitrogens with zero attached hydrogens (tertiary/aromatic N) is 1. The zero-order valence-electron chi connectivity index (χ0n) is 11.6. The average molecular weight is 288 g/mol. The average Bonchev–Trinajstić information content (AvgIpc) is 3.01. The van der Waals surface area contributed by atoms with Gasteiger partial charge in [0.15, 0.2) is 5.11 Å². The van der Waals surface area contributed by atoms with Crippen LogP contribution in [0, 0.1) is 5.92 Å². The van der Waals surface area contributed by atoms with E-state index in [9.17, 15) is 4.79 Å². The number of carbonyl (C=O) groups excluding carboxylic acids is 1. The van der Waals surface area contributed by atoms with E-state index in [1.54, 1.807) is 0 Å². The Kier molecular flexibility index (Phi) is 4.01. The molecule has 3 rings (SSSR count). The van der Waals surface area contributed by atoms with Gasteiger partial charge in [0, 0.05) is 18.2 Å². The lowest BCUT2D eigenvalue weighted by molar-refractivity contribution is -0.123. The summed E-state index contributed by atoms with van der Waals surface area (Å²) in [6, 6.07) is 8.31. The van der Waals surface area contributed by atoms with Crippen molar-refractivity contribution in [3.63, 3.8) is 0 Å². The molecule has 2 aliphatic rings. The van der Waals surface area contributed by atoms with E-state index in [1.807, 2.05) is 6.07 Å². The van der Waals surface area contributed by atoms with Gasteiger partial charge in [-0.25, -0.2) is 0 Å². The van der Waals surface area contributed by atoms with Crippen LogP contribution in [0.25, 0.3) is 0 Å². The van der Waals surface area contributed by atoms with Gasteiger partial charge in [-0.2, -0.15) is 0 Å². The van der Waals surface area contributed by atoms with Gasteiger partial charge in [-0.15, -0.1) is 0 Å². The molecule has 0 saturated heterocycles. The molecule has 1 N–H and O–H groups in total. The molecule has 0 atom stereocenters. The molecule has 4 heteroatoms. The van der Waals surface area contributed by atoms with Gasteiger partial charge < -0.3 is 10.2 Å². The summed E-state index contributed by atoms with van der Waals surface area (Å²) >= 11 is 5.46. The Morgan fingerprint density at radius 1 is 1.20 bits per heavy atom. The Morgan fingerprint density at radius 2 is 1.95 bits per heavy atom. The smallest absolute Gasteiger partial charge is 0.229 e. The van der Waals surface area contributed by atoms with E-state index < -0.39 is 0 Å². The number of benzene rings is 1. The van der Waals surface area contributed by atoms with Crippen LogP contribution in [0.5, 0.6) is 0 Å². The normalized spacial score (nSPS) is 18.7. The van der Waals surface area contributed by atoms with E-state index in [0.29, 0.717) is 5.11 Å². The lowest BCUT2D eigenvalue weighted by atomic mass is 10.0. The van der Waals surface area contributed by atoms with Gasteiger partial charge in [0.25, 0.3) is 0 Å². The summed E-state index contributed by atoms with van der Waals surface area (Å²) in [6.45, 7) is 0.890. The largest absolute Gasteiger partial charge is 0.318 e. The third kappa shape index (κ3) is 2.70. The fraction of sp³-hybridized carbons (Fsp3) is 0.500. The maximum absolute atomic E-state index is 12.2. The fourth-order valence-corrected chi connectivity index (χ4v) is 3.50. The quantitative estimate of drug-likeness (QED) is 0.806. The number of nitrogens with one attached hydrogen (secondary N) is 1. The number of hydrogen-bond donors (Lipinski definition) is 1. The molecule has 106 valence electrons. The number of hydrogen-bond acceptors (Lipinski definition) is 2. The maximum Gasteiger partial charge on any atom is 0.229 e. The second-order valence-corrected chi connectivity index (χ2v) is 6.05. The summed E-state index contributed by atoms with van der Waals surface area (Å²) in [5.74, 6) is 0.267. The van der Waals surface area contributed by atoms with Crippen LogP contribution in [-0.2, 0) is 11.2 Å². The molecule has 0 unspecified atom stereocenters. The second kappa shape index (κ2) is 5.92. The predicted molar refractivity (Wildman–Crippen MR) is 84.8 cm³/mol. The number of para-hydroxylation sites is 1. The highest BCUT2D eigenvalue weighted by atomic mass is 32.1. The van der Waals surface area contributed by atoms with Gasteiger partial charge in [-0.05, 0) is 49.5 Å². The van der Waals surface area contributed by atoms with Gasteiger partial charge in [0.1, 0.15) is 0 Å². The molecule has 0 spiro atoms. The first-order chi connectivity index (χ1) is 9.75. The highest BCUT2D eigenvalue weighted by molar-refractivity contribution is 7.80. The van der Waals surface area contributed by atoms with Crippen LogP contribution >= 0.6 is 12.2 Å². The minimum atomic E-state index is 0.107. The predicted octanol–water partition coefficient (Wildman–Crippen LogP) is 3.03. The Morgan fingerprint density at radius 3 is 2.75 bits per heavy atom. The maximum atomic E-state index is 12.2. The first-order valence-corrected chi connectivity index (χ1v) is 7.87. The number of rotatable bonds is 1. The molecular weight excluding hydrogens is 268 g/mol. The third-order valence-electron chi connectivity index (χ3n) is 4.31. The molecule has 1 aliphatic heterocycles. The zero-order valence-corrected chi connectivity index (χ0v) is 12.4. The van der Waals surface area contributed by atoms with E-state index in [4.69, 9.17) is 12.2 Å². The summed E-state index contributed by atoms with van der Waals surface area (Å²) in [6.07, 6.45) is 6.51. The van der Waals surface area contributed by atoms with Crippen molar-refractivity contribution in [3.8, 4) is 0 Å². The summed E-state index contributed by atoms with van der Waals surface area (Å²) in [4.78, 5) is 14.3. The Balaban J connectivity index is 1.70. The van der Waals surface area contributed by atoms with E-state index in [-0.39, 0.29) is 11.8 Å². The molecular formula is C16H20N2OS. The molecule has 1 fully saturated rings. The van der Waals surface area contributed by atoms with Crippen molar-refractivity contribution < 1.29 is 4.79 Å². The molecule has 0 bridgehead atoms. The SMILES string of the molecule is O=C(NC(=S)N1CCCc2ccccc21)C1CCCC1. The molecule has 1 amide bonds. The summed E-state index contributed by atoms with van der Waals surface area (Å²) < 4.78 is 0. The molecule has 1 aromatic rings. The first-order valence-electron chi connectivity index (χ1n) is 7.46. The summed E-state index contributed by atoms with van der Waals surface area (Å²) in [5.41, 5.74) is 2.46. The first kappa shape index (κ1) is 13.6. The monoisotopic (exact) mass is 288 g/mol.